The summed E-state index contributed by atoms with van der Waals surface area (Å²) in [4.78, 5) is 0. The van der Waals surface area contributed by atoms with E-state index in [4.69, 9.17) is 22.6 Å². The van der Waals surface area contributed by atoms with Gasteiger partial charge in [-0.2, -0.15) is 5.26 Å². The molecule has 0 amide bonds. The van der Waals surface area contributed by atoms with E-state index in [1.807, 2.05) is 6.07 Å². The van der Waals surface area contributed by atoms with Crippen LogP contribution in [0.2, 0.25) is 5.02 Å². The van der Waals surface area contributed by atoms with Gasteiger partial charge < -0.3 is 5.73 Å². The zero-order chi connectivity index (χ0) is 10.1. The van der Waals surface area contributed by atoms with E-state index in [1.54, 1.807) is 12.1 Å². The van der Waals surface area contributed by atoms with Gasteiger partial charge >= 0.3 is 0 Å². The molecule has 2 N–H and O–H groups in total. The summed E-state index contributed by atoms with van der Waals surface area (Å²) in [6.45, 7) is 0. The normalized spacial score (nSPS) is 17.5. The molecule has 2 nitrogen and oxygen atoms in total. The van der Waals surface area contributed by atoms with Gasteiger partial charge in [-0.1, -0.05) is 17.7 Å². The Hall–Kier alpha value is -1.04. The maximum Gasteiger partial charge on any atom is 0.0995 e. The number of hydrogen-bond donors (Lipinski definition) is 1. The summed E-state index contributed by atoms with van der Waals surface area (Å²) in [5.41, 5.74) is 7.57. The van der Waals surface area contributed by atoms with Crippen LogP contribution in [0.5, 0.6) is 0 Å². The van der Waals surface area contributed by atoms with Crippen LogP contribution in [0.15, 0.2) is 18.2 Å². The third-order valence-corrected chi connectivity index (χ3v) is 2.86. The Morgan fingerprint density at radius 2 is 2.21 bits per heavy atom. The highest BCUT2D eigenvalue weighted by atomic mass is 35.5. The highest BCUT2D eigenvalue weighted by molar-refractivity contribution is 6.30. The average Bonchev–Trinajstić information content (AvgIpc) is 3.00. The van der Waals surface area contributed by atoms with Gasteiger partial charge in [0, 0.05) is 11.1 Å². The maximum atomic E-state index is 8.93. The minimum absolute atomic E-state index is 0.00177. The predicted molar refractivity (Wildman–Crippen MR) is 55.8 cm³/mol. The first-order valence-electron chi connectivity index (χ1n) is 4.67. The molecule has 72 valence electrons. The largest absolute Gasteiger partial charge is 0.324 e. The molecular formula is C11H11ClN2. The van der Waals surface area contributed by atoms with E-state index in [9.17, 15) is 0 Å². The molecule has 1 aliphatic carbocycles. The van der Waals surface area contributed by atoms with E-state index >= 15 is 0 Å². The zero-order valence-electron chi connectivity index (χ0n) is 7.70. The van der Waals surface area contributed by atoms with E-state index < -0.39 is 0 Å². The molecule has 1 atom stereocenters. The number of hydrogen-bond acceptors (Lipinski definition) is 2. The molecule has 0 radical (unpaired) electrons. The van der Waals surface area contributed by atoms with Crippen LogP contribution >= 0.6 is 11.6 Å². The fraction of sp³-hybridized carbons (Fsp3) is 0.364. The Bertz CT molecular complexity index is 391. The lowest BCUT2D eigenvalue weighted by molar-refractivity contribution is 0.632. The van der Waals surface area contributed by atoms with Crippen LogP contribution in [-0.4, -0.2) is 0 Å². The highest BCUT2D eigenvalue weighted by Gasteiger charge is 2.30. The van der Waals surface area contributed by atoms with E-state index in [1.165, 1.54) is 12.8 Å². The molecule has 0 aromatic heterocycles. The minimum atomic E-state index is 0.00177. The first-order valence-corrected chi connectivity index (χ1v) is 5.05. The Morgan fingerprint density at radius 1 is 1.50 bits per heavy atom. The quantitative estimate of drug-likeness (QED) is 0.809. The van der Waals surface area contributed by atoms with E-state index in [-0.39, 0.29) is 6.04 Å². The van der Waals surface area contributed by atoms with E-state index in [0.717, 1.165) is 5.56 Å². The lowest BCUT2D eigenvalue weighted by atomic mass is 9.98. The standard InChI is InChI=1S/C11H11ClN2/c12-9-3-4-10(8(5-9)6-13)11(14)7-1-2-7/h3-5,7,11H,1-2,14H2/t11-/m0/s1. The van der Waals surface area contributed by atoms with Crippen LogP contribution in [0.25, 0.3) is 0 Å². The number of halogens is 1. The lowest BCUT2D eigenvalue weighted by Crippen LogP contribution is -2.13. The van der Waals surface area contributed by atoms with Gasteiger partial charge in [0.25, 0.3) is 0 Å². The van der Waals surface area contributed by atoms with Crippen LogP contribution in [-0.2, 0) is 0 Å². The van der Waals surface area contributed by atoms with Gasteiger partial charge in [-0.3, -0.25) is 0 Å². The predicted octanol–water partition coefficient (Wildman–Crippen LogP) is 2.62. The van der Waals surface area contributed by atoms with Crippen molar-refractivity contribution in [3.8, 4) is 6.07 Å². The first kappa shape index (κ1) is 9.51. The van der Waals surface area contributed by atoms with Gasteiger partial charge in [-0.15, -0.1) is 0 Å². The van der Waals surface area contributed by atoms with Gasteiger partial charge in [-0.25, -0.2) is 0 Å². The molecule has 14 heavy (non-hydrogen) atoms. The van der Waals surface area contributed by atoms with Crippen LogP contribution in [0.1, 0.15) is 30.0 Å². The third kappa shape index (κ3) is 1.75. The molecule has 0 heterocycles. The van der Waals surface area contributed by atoms with Crippen LogP contribution in [0, 0.1) is 17.2 Å². The molecule has 1 aromatic carbocycles. The van der Waals surface area contributed by atoms with Gasteiger partial charge in [-0.05, 0) is 36.5 Å². The molecule has 1 aromatic rings. The summed E-state index contributed by atoms with van der Waals surface area (Å²) in [6.07, 6.45) is 2.35. The summed E-state index contributed by atoms with van der Waals surface area (Å²) in [5.74, 6) is 0.559. The second-order valence-electron chi connectivity index (χ2n) is 3.71. The van der Waals surface area contributed by atoms with Crippen molar-refractivity contribution in [3.05, 3.63) is 34.3 Å². The number of benzene rings is 1. The fourth-order valence-corrected chi connectivity index (χ4v) is 1.80. The third-order valence-electron chi connectivity index (χ3n) is 2.62. The summed E-state index contributed by atoms with van der Waals surface area (Å²) in [5, 5.41) is 9.52. The molecule has 1 fully saturated rings. The smallest absolute Gasteiger partial charge is 0.0995 e. The van der Waals surface area contributed by atoms with Gasteiger partial charge in [0.15, 0.2) is 0 Å². The number of rotatable bonds is 2. The Morgan fingerprint density at radius 3 is 2.79 bits per heavy atom. The zero-order valence-corrected chi connectivity index (χ0v) is 8.46. The van der Waals surface area contributed by atoms with Crippen molar-refractivity contribution in [2.24, 2.45) is 11.7 Å². The van der Waals surface area contributed by atoms with Crippen LogP contribution in [0.3, 0.4) is 0 Å². The molecule has 1 aliphatic rings. The molecule has 0 spiro atoms. The summed E-state index contributed by atoms with van der Waals surface area (Å²) in [7, 11) is 0. The van der Waals surface area contributed by atoms with E-state index in [2.05, 4.69) is 6.07 Å². The van der Waals surface area contributed by atoms with Crippen molar-refractivity contribution >= 4 is 11.6 Å². The molecule has 2 rings (SSSR count). The van der Waals surface area contributed by atoms with Crippen molar-refractivity contribution in [2.45, 2.75) is 18.9 Å². The fourth-order valence-electron chi connectivity index (χ4n) is 1.63. The van der Waals surface area contributed by atoms with Crippen molar-refractivity contribution < 1.29 is 0 Å². The lowest BCUT2D eigenvalue weighted by Gasteiger charge is -2.12. The minimum Gasteiger partial charge on any atom is -0.324 e. The monoisotopic (exact) mass is 206 g/mol. The Kier molecular flexibility index (Phi) is 2.45. The van der Waals surface area contributed by atoms with Crippen LogP contribution in [0.4, 0.5) is 0 Å². The van der Waals surface area contributed by atoms with Crippen molar-refractivity contribution in [3.63, 3.8) is 0 Å². The van der Waals surface area contributed by atoms with Gasteiger partial charge in [0.2, 0.25) is 0 Å². The number of nitriles is 1. The van der Waals surface area contributed by atoms with Gasteiger partial charge in [0.1, 0.15) is 0 Å². The molecule has 3 heteroatoms. The SMILES string of the molecule is N#Cc1cc(Cl)ccc1[C@@H](N)C1CC1. The van der Waals surface area contributed by atoms with Crippen molar-refractivity contribution in [2.75, 3.05) is 0 Å². The van der Waals surface area contributed by atoms with Crippen molar-refractivity contribution in [1.29, 1.82) is 5.26 Å². The summed E-state index contributed by atoms with van der Waals surface area (Å²) in [6, 6.07) is 7.47. The van der Waals surface area contributed by atoms with Gasteiger partial charge in [0.05, 0.1) is 11.6 Å². The topological polar surface area (TPSA) is 49.8 Å². The number of nitrogens with zero attached hydrogens (tertiary/aromatic N) is 1. The highest BCUT2D eigenvalue weighted by Crippen LogP contribution is 2.40. The molecule has 0 bridgehead atoms. The second kappa shape index (κ2) is 3.61. The Labute approximate surface area is 88.3 Å². The molecule has 1 saturated carbocycles. The van der Waals surface area contributed by atoms with Crippen molar-refractivity contribution in [1.82, 2.24) is 0 Å². The molecule has 0 aliphatic heterocycles. The first-order chi connectivity index (χ1) is 6.72. The summed E-state index contributed by atoms with van der Waals surface area (Å²) >= 11 is 5.80. The number of nitrogens with two attached hydrogens (primary N) is 1. The molecular weight excluding hydrogens is 196 g/mol. The maximum absolute atomic E-state index is 8.93. The van der Waals surface area contributed by atoms with E-state index in [0.29, 0.717) is 16.5 Å². The average molecular weight is 207 g/mol. The molecule has 0 unspecified atom stereocenters. The second-order valence-corrected chi connectivity index (χ2v) is 4.14. The Balaban J connectivity index is 2.36. The van der Waals surface area contributed by atoms with Crippen LogP contribution < -0.4 is 5.73 Å². The summed E-state index contributed by atoms with van der Waals surface area (Å²) < 4.78 is 0. The molecule has 0 saturated heterocycles.